The fourth-order valence-electron chi connectivity index (χ4n) is 2.76. The Balaban J connectivity index is 1.76. The van der Waals surface area contributed by atoms with E-state index >= 15 is 0 Å². The number of amides is 1. The molecule has 110 valence electrons. The molecule has 1 aliphatic heterocycles. The summed E-state index contributed by atoms with van der Waals surface area (Å²) in [6, 6.07) is 9.92. The maximum atomic E-state index is 11.2. The lowest BCUT2D eigenvalue weighted by Gasteiger charge is -2.13. The number of aromatic nitrogens is 2. The van der Waals surface area contributed by atoms with E-state index in [1.807, 2.05) is 37.4 Å². The lowest BCUT2D eigenvalue weighted by atomic mass is 10.1. The van der Waals surface area contributed by atoms with E-state index in [1.54, 1.807) is 0 Å². The summed E-state index contributed by atoms with van der Waals surface area (Å²) in [5.74, 6) is 1.19. The highest BCUT2D eigenvalue weighted by atomic mass is 16.5. The number of nitrogens with one attached hydrogen (secondary N) is 1. The Morgan fingerprint density at radius 1 is 1.38 bits per heavy atom. The van der Waals surface area contributed by atoms with Crippen LogP contribution in [-0.4, -0.2) is 40.6 Å². The Labute approximate surface area is 123 Å². The third-order valence-electron chi connectivity index (χ3n) is 3.71. The van der Waals surface area contributed by atoms with E-state index in [-0.39, 0.29) is 18.0 Å². The lowest BCUT2D eigenvalue weighted by molar-refractivity contribution is -0.119. The van der Waals surface area contributed by atoms with E-state index in [2.05, 4.69) is 20.4 Å². The van der Waals surface area contributed by atoms with Crippen molar-refractivity contribution in [2.24, 2.45) is 0 Å². The van der Waals surface area contributed by atoms with Crippen molar-refractivity contribution in [3.05, 3.63) is 36.2 Å². The Kier molecular flexibility index (Phi) is 3.70. The Bertz CT molecular complexity index is 626. The van der Waals surface area contributed by atoms with Crippen LogP contribution in [0.4, 0.5) is 0 Å². The van der Waals surface area contributed by atoms with E-state index in [0.717, 1.165) is 18.5 Å². The van der Waals surface area contributed by atoms with Gasteiger partial charge in [-0.1, -0.05) is 35.5 Å². The molecular formula is C15H18N4O2. The lowest BCUT2D eigenvalue weighted by Crippen LogP contribution is -2.34. The summed E-state index contributed by atoms with van der Waals surface area (Å²) < 4.78 is 5.41. The molecule has 6 nitrogen and oxygen atoms in total. The summed E-state index contributed by atoms with van der Waals surface area (Å²) in [7, 11) is 2.00. The van der Waals surface area contributed by atoms with Crippen LogP contribution in [-0.2, 0) is 4.79 Å². The maximum absolute atomic E-state index is 11.2. The summed E-state index contributed by atoms with van der Waals surface area (Å²) in [6.45, 7) is 2.32. The SMILES string of the molecule is CC(=O)NC1CC(c2nc(-c3ccccc3)no2)N(C)C1. The minimum absolute atomic E-state index is 0.00967. The van der Waals surface area contributed by atoms with Gasteiger partial charge in [-0.05, 0) is 13.5 Å². The van der Waals surface area contributed by atoms with Crippen molar-refractivity contribution >= 4 is 5.91 Å². The minimum Gasteiger partial charge on any atom is -0.352 e. The summed E-state index contributed by atoms with van der Waals surface area (Å²) >= 11 is 0. The molecule has 0 radical (unpaired) electrons. The van der Waals surface area contributed by atoms with E-state index in [0.29, 0.717) is 11.7 Å². The molecule has 0 bridgehead atoms. The second-order valence-corrected chi connectivity index (χ2v) is 5.41. The zero-order valence-corrected chi connectivity index (χ0v) is 12.1. The van der Waals surface area contributed by atoms with E-state index in [4.69, 9.17) is 4.52 Å². The fourth-order valence-corrected chi connectivity index (χ4v) is 2.76. The first kappa shape index (κ1) is 13.8. The van der Waals surface area contributed by atoms with Gasteiger partial charge in [0.25, 0.3) is 0 Å². The molecule has 2 unspecified atom stereocenters. The monoisotopic (exact) mass is 286 g/mol. The van der Waals surface area contributed by atoms with Crippen LogP contribution in [0.1, 0.15) is 25.3 Å². The normalized spacial score (nSPS) is 22.4. The molecular weight excluding hydrogens is 268 g/mol. The molecule has 1 N–H and O–H groups in total. The van der Waals surface area contributed by atoms with E-state index in [1.165, 1.54) is 6.92 Å². The first-order valence-electron chi connectivity index (χ1n) is 7.00. The molecule has 0 saturated carbocycles. The van der Waals surface area contributed by atoms with Gasteiger partial charge in [0.1, 0.15) is 0 Å². The molecule has 2 atom stereocenters. The second-order valence-electron chi connectivity index (χ2n) is 5.41. The molecule has 1 fully saturated rings. The van der Waals surface area contributed by atoms with Crippen LogP contribution in [0.25, 0.3) is 11.4 Å². The quantitative estimate of drug-likeness (QED) is 0.928. The van der Waals surface area contributed by atoms with E-state index < -0.39 is 0 Å². The number of benzene rings is 1. The van der Waals surface area contributed by atoms with Crippen LogP contribution in [0.5, 0.6) is 0 Å². The molecule has 1 aromatic heterocycles. The summed E-state index contributed by atoms with van der Waals surface area (Å²) in [5.41, 5.74) is 0.937. The van der Waals surface area contributed by atoms with Crippen molar-refractivity contribution in [2.45, 2.75) is 25.4 Å². The van der Waals surface area contributed by atoms with Gasteiger partial charge < -0.3 is 9.84 Å². The van der Waals surface area contributed by atoms with Crippen LogP contribution in [0.15, 0.2) is 34.9 Å². The highest BCUT2D eigenvalue weighted by Crippen LogP contribution is 2.30. The summed E-state index contributed by atoms with van der Waals surface area (Å²) in [5, 5.41) is 6.99. The van der Waals surface area contributed by atoms with Crippen molar-refractivity contribution in [2.75, 3.05) is 13.6 Å². The van der Waals surface area contributed by atoms with Gasteiger partial charge in [0.15, 0.2) is 0 Å². The van der Waals surface area contributed by atoms with Crippen LogP contribution < -0.4 is 5.32 Å². The zero-order valence-electron chi connectivity index (χ0n) is 12.1. The molecule has 0 aliphatic carbocycles. The number of carbonyl (C=O) groups is 1. The van der Waals surface area contributed by atoms with Crippen LogP contribution in [0.2, 0.25) is 0 Å². The number of likely N-dealkylation sites (N-methyl/N-ethyl adjacent to an activating group) is 1. The van der Waals surface area contributed by atoms with Crippen LogP contribution in [0.3, 0.4) is 0 Å². The van der Waals surface area contributed by atoms with Gasteiger partial charge in [-0.2, -0.15) is 4.98 Å². The van der Waals surface area contributed by atoms with Crippen molar-refractivity contribution < 1.29 is 9.32 Å². The van der Waals surface area contributed by atoms with Gasteiger partial charge in [0.2, 0.25) is 17.6 Å². The summed E-state index contributed by atoms with van der Waals surface area (Å²) in [4.78, 5) is 17.8. The largest absolute Gasteiger partial charge is 0.352 e. The highest BCUT2D eigenvalue weighted by Gasteiger charge is 2.34. The smallest absolute Gasteiger partial charge is 0.244 e. The van der Waals surface area contributed by atoms with Gasteiger partial charge in [-0.3, -0.25) is 9.69 Å². The zero-order chi connectivity index (χ0) is 14.8. The van der Waals surface area contributed by atoms with Gasteiger partial charge in [-0.25, -0.2) is 0 Å². The van der Waals surface area contributed by atoms with Crippen LogP contribution >= 0.6 is 0 Å². The minimum atomic E-state index is -0.00967. The Morgan fingerprint density at radius 2 is 2.14 bits per heavy atom. The number of hydrogen-bond donors (Lipinski definition) is 1. The molecule has 1 aliphatic rings. The van der Waals surface area contributed by atoms with Gasteiger partial charge in [-0.15, -0.1) is 0 Å². The number of carbonyl (C=O) groups excluding carboxylic acids is 1. The first-order chi connectivity index (χ1) is 10.1. The standard InChI is InChI=1S/C15H18N4O2/c1-10(20)16-12-8-13(19(2)9-12)15-17-14(18-21-15)11-6-4-3-5-7-11/h3-7,12-13H,8-9H2,1-2H3,(H,16,20). The summed E-state index contributed by atoms with van der Waals surface area (Å²) in [6.07, 6.45) is 0.784. The topological polar surface area (TPSA) is 71.3 Å². The number of hydrogen-bond acceptors (Lipinski definition) is 5. The van der Waals surface area contributed by atoms with Gasteiger partial charge >= 0.3 is 0 Å². The molecule has 1 aromatic carbocycles. The molecule has 6 heteroatoms. The van der Waals surface area contributed by atoms with Gasteiger partial charge in [0, 0.05) is 25.1 Å². The molecule has 1 amide bonds. The van der Waals surface area contributed by atoms with E-state index in [9.17, 15) is 4.79 Å². The molecule has 3 rings (SSSR count). The maximum Gasteiger partial charge on any atom is 0.244 e. The van der Waals surface area contributed by atoms with Crippen molar-refractivity contribution in [1.82, 2.24) is 20.4 Å². The highest BCUT2D eigenvalue weighted by molar-refractivity contribution is 5.73. The molecule has 2 aromatic rings. The number of nitrogens with zero attached hydrogens (tertiary/aromatic N) is 3. The average molecular weight is 286 g/mol. The van der Waals surface area contributed by atoms with Crippen molar-refractivity contribution in [1.29, 1.82) is 0 Å². The second kappa shape index (κ2) is 5.65. The molecule has 1 saturated heterocycles. The fraction of sp³-hybridized carbons (Fsp3) is 0.400. The number of likely N-dealkylation sites (tertiary alicyclic amines) is 1. The van der Waals surface area contributed by atoms with Gasteiger partial charge in [0.05, 0.1) is 6.04 Å². The molecule has 0 spiro atoms. The third-order valence-corrected chi connectivity index (χ3v) is 3.71. The van der Waals surface area contributed by atoms with Crippen LogP contribution in [0, 0.1) is 0 Å². The Morgan fingerprint density at radius 3 is 2.86 bits per heavy atom. The average Bonchev–Trinajstić information content (AvgIpc) is 3.06. The predicted octanol–water partition coefficient (Wildman–Crippen LogP) is 1.62. The molecule has 2 heterocycles. The number of rotatable bonds is 3. The van der Waals surface area contributed by atoms with Crippen molar-refractivity contribution in [3.8, 4) is 11.4 Å². The van der Waals surface area contributed by atoms with Crippen molar-refractivity contribution in [3.63, 3.8) is 0 Å². The predicted molar refractivity (Wildman–Crippen MR) is 77.3 cm³/mol. The third kappa shape index (κ3) is 2.95. The Hall–Kier alpha value is -2.21. The first-order valence-corrected chi connectivity index (χ1v) is 7.00. The molecule has 21 heavy (non-hydrogen) atoms.